The Morgan fingerprint density at radius 2 is 1.56 bits per heavy atom. The quantitative estimate of drug-likeness (QED) is 0.612. The molecule has 1 heterocycles. The zero-order chi connectivity index (χ0) is 19.2. The van der Waals surface area contributed by atoms with E-state index >= 15 is 0 Å². The highest BCUT2D eigenvalue weighted by Crippen LogP contribution is 2.37. The van der Waals surface area contributed by atoms with Crippen LogP contribution in [0.2, 0.25) is 5.02 Å². The van der Waals surface area contributed by atoms with E-state index in [0.717, 1.165) is 5.69 Å². The lowest BCUT2D eigenvalue weighted by atomic mass is 10.2. The van der Waals surface area contributed by atoms with Gasteiger partial charge >= 0.3 is 0 Å². The van der Waals surface area contributed by atoms with Crippen molar-refractivity contribution in [2.45, 2.75) is 0 Å². The fraction of sp³-hybridized carbons (Fsp3) is 0.158. The number of hydrogen-bond donors (Lipinski definition) is 2. The number of aromatic nitrogens is 2. The number of ether oxygens (including phenoxy) is 3. The van der Waals surface area contributed by atoms with E-state index in [-0.39, 0.29) is 0 Å². The second kappa shape index (κ2) is 8.46. The lowest BCUT2D eigenvalue weighted by molar-refractivity contribution is 0.405. The molecule has 140 valence electrons. The zero-order valence-electron chi connectivity index (χ0n) is 15.1. The number of rotatable bonds is 7. The van der Waals surface area contributed by atoms with Crippen LogP contribution in [0.3, 0.4) is 0 Å². The SMILES string of the molecule is COc1cc(Nc2ccnc(Nc3ccccc3OC)n2)c(OC)cc1Cl. The molecule has 0 saturated carbocycles. The molecule has 0 spiro atoms. The van der Waals surface area contributed by atoms with Crippen LogP contribution in [0.25, 0.3) is 0 Å². The van der Waals surface area contributed by atoms with Crippen molar-refractivity contribution in [3.63, 3.8) is 0 Å². The van der Waals surface area contributed by atoms with E-state index in [9.17, 15) is 0 Å². The Bertz CT molecular complexity index is 937. The third-order valence-corrected chi connectivity index (χ3v) is 4.04. The number of nitrogens with one attached hydrogen (secondary N) is 2. The van der Waals surface area contributed by atoms with E-state index in [0.29, 0.717) is 39.7 Å². The molecule has 1 aromatic heterocycles. The Balaban J connectivity index is 1.86. The van der Waals surface area contributed by atoms with E-state index in [1.165, 1.54) is 0 Å². The zero-order valence-corrected chi connectivity index (χ0v) is 15.9. The molecule has 2 aromatic carbocycles. The second-order valence-corrected chi connectivity index (χ2v) is 5.81. The van der Waals surface area contributed by atoms with Gasteiger partial charge in [0.05, 0.1) is 37.7 Å². The van der Waals surface area contributed by atoms with Gasteiger partial charge < -0.3 is 24.8 Å². The Morgan fingerprint density at radius 3 is 2.30 bits per heavy atom. The summed E-state index contributed by atoms with van der Waals surface area (Å²) >= 11 is 6.15. The summed E-state index contributed by atoms with van der Waals surface area (Å²) in [4.78, 5) is 8.72. The predicted octanol–water partition coefficient (Wildman–Crippen LogP) is 4.64. The normalized spacial score (nSPS) is 10.2. The molecule has 0 aliphatic heterocycles. The standard InChI is InChI=1S/C19H19ClN4O3/c1-25-15-7-5-4-6-13(15)23-19-21-9-8-18(24-19)22-14-11-16(26-2)12(20)10-17(14)27-3/h4-11H,1-3H3,(H2,21,22,23,24). The summed E-state index contributed by atoms with van der Waals surface area (Å²) in [7, 11) is 4.73. The summed E-state index contributed by atoms with van der Waals surface area (Å²) in [6, 6.07) is 12.7. The van der Waals surface area contributed by atoms with E-state index in [1.54, 1.807) is 45.7 Å². The molecule has 0 radical (unpaired) electrons. The number of anilines is 4. The smallest absolute Gasteiger partial charge is 0.229 e. The summed E-state index contributed by atoms with van der Waals surface area (Å²) < 4.78 is 16.0. The molecule has 0 atom stereocenters. The van der Waals surface area contributed by atoms with Gasteiger partial charge in [-0.05, 0) is 18.2 Å². The highest BCUT2D eigenvalue weighted by Gasteiger charge is 2.11. The van der Waals surface area contributed by atoms with Gasteiger partial charge in [-0.1, -0.05) is 23.7 Å². The maximum absolute atomic E-state index is 6.15. The molecular formula is C19H19ClN4O3. The van der Waals surface area contributed by atoms with Crippen molar-refractivity contribution in [1.29, 1.82) is 0 Å². The van der Waals surface area contributed by atoms with Crippen LogP contribution in [0.5, 0.6) is 17.2 Å². The third-order valence-electron chi connectivity index (χ3n) is 3.75. The molecule has 2 N–H and O–H groups in total. The number of benzene rings is 2. The van der Waals surface area contributed by atoms with E-state index in [1.807, 2.05) is 24.3 Å². The molecule has 0 fully saturated rings. The van der Waals surface area contributed by atoms with E-state index in [4.69, 9.17) is 25.8 Å². The average molecular weight is 387 g/mol. The first kappa shape index (κ1) is 18.6. The van der Waals surface area contributed by atoms with Gasteiger partial charge in [0.25, 0.3) is 0 Å². The second-order valence-electron chi connectivity index (χ2n) is 5.40. The summed E-state index contributed by atoms with van der Waals surface area (Å²) in [5.74, 6) is 2.79. The molecule has 27 heavy (non-hydrogen) atoms. The van der Waals surface area contributed by atoms with Crippen LogP contribution in [0.4, 0.5) is 23.1 Å². The van der Waals surface area contributed by atoms with Gasteiger partial charge in [0.1, 0.15) is 23.1 Å². The molecule has 3 aromatic rings. The fourth-order valence-corrected chi connectivity index (χ4v) is 2.68. The summed E-state index contributed by atoms with van der Waals surface area (Å²) in [5, 5.41) is 6.80. The maximum atomic E-state index is 6.15. The van der Waals surface area contributed by atoms with Gasteiger partial charge in [-0.25, -0.2) is 4.98 Å². The minimum atomic E-state index is 0.421. The van der Waals surface area contributed by atoms with Crippen molar-refractivity contribution in [2.75, 3.05) is 32.0 Å². The van der Waals surface area contributed by atoms with Crippen LogP contribution >= 0.6 is 11.6 Å². The first-order chi connectivity index (χ1) is 13.1. The highest BCUT2D eigenvalue weighted by molar-refractivity contribution is 6.32. The molecule has 0 saturated heterocycles. The lowest BCUT2D eigenvalue weighted by Gasteiger charge is -2.14. The van der Waals surface area contributed by atoms with Crippen LogP contribution in [-0.4, -0.2) is 31.3 Å². The molecule has 0 aliphatic rings. The number of hydrogen-bond acceptors (Lipinski definition) is 7. The average Bonchev–Trinajstić information content (AvgIpc) is 2.69. The Labute approximate surface area is 162 Å². The van der Waals surface area contributed by atoms with Crippen LogP contribution in [0.15, 0.2) is 48.7 Å². The van der Waals surface area contributed by atoms with Crippen molar-refractivity contribution in [3.05, 3.63) is 53.7 Å². The fourth-order valence-electron chi connectivity index (χ4n) is 2.45. The van der Waals surface area contributed by atoms with Gasteiger partial charge in [0.2, 0.25) is 5.95 Å². The van der Waals surface area contributed by atoms with Crippen molar-refractivity contribution >= 4 is 34.7 Å². The van der Waals surface area contributed by atoms with Gasteiger partial charge in [-0.2, -0.15) is 4.98 Å². The minimum absolute atomic E-state index is 0.421. The molecule has 7 nitrogen and oxygen atoms in total. The minimum Gasteiger partial charge on any atom is -0.495 e. The van der Waals surface area contributed by atoms with Crippen LogP contribution in [-0.2, 0) is 0 Å². The van der Waals surface area contributed by atoms with Crippen molar-refractivity contribution in [2.24, 2.45) is 0 Å². The Morgan fingerprint density at radius 1 is 0.815 bits per heavy atom. The van der Waals surface area contributed by atoms with Gasteiger partial charge in [-0.15, -0.1) is 0 Å². The first-order valence-corrected chi connectivity index (χ1v) is 8.44. The van der Waals surface area contributed by atoms with Crippen LogP contribution < -0.4 is 24.8 Å². The van der Waals surface area contributed by atoms with Crippen molar-refractivity contribution in [1.82, 2.24) is 9.97 Å². The lowest BCUT2D eigenvalue weighted by Crippen LogP contribution is -2.02. The third kappa shape index (κ3) is 4.32. The predicted molar refractivity (Wildman–Crippen MR) is 106 cm³/mol. The van der Waals surface area contributed by atoms with Crippen molar-refractivity contribution < 1.29 is 14.2 Å². The monoisotopic (exact) mass is 386 g/mol. The van der Waals surface area contributed by atoms with Gasteiger partial charge in [0.15, 0.2) is 0 Å². The van der Waals surface area contributed by atoms with E-state index < -0.39 is 0 Å². The van der Waals surface area contributed by atoms with Crippen LogP contribution in [0, 0.1) is 0 Å². The number of methoxy groups -OCH3 is 3. The Kier molecular flexibility index (Phi) is 5.83. The summed E-state index contributed by atoms with van der Waals surface area (Å²) in [6.07, 6.45) is 1.65. The molecular weight excluding hydrogens is 368 g/mol. The van der Waals surface area contributed by atoms with Crippen molar-refractivity contribution in [3.8, 4) is 17.2 Å². The maximum Gasteiger partial charge on any atom is 0.229 e. The number of halogens is 1. The van der Waals surface area contributed by atoms with E-state index in [2.05, 4.69) is 20.6 Å². The highest BCUT2D eigenvalue weighted by atomic mass is 35.5. The first-order valence-electron chi connectivity index (χ1n) is 8.06. The molecule has 3 rings (SSSR count). The van der Waals surface area contributed by atoms with Gasteiger partial charge in [0, 0.05) is 18.3 Å². The van der Waals surface area contributed by atoms with Crippen LogP contribution in [0.1, 0.15) is 0 Å². The molecule has 0 unspecified atom stereocenters. The Hall–Kier alpha value is -3.19. The molecule has 0 bridgehead atoms. The molecule has 0 aliphatic carbocycles. The largest absolute Gasteiger partial charge is 0.495 e. The summed E-state index contributed by atoms with van der Waals surface area (Å²) in [6.45, 7) is 0. The topological polar surface area (TPSA) is 77.5 Å². The number of para-hydroxylation sites is 2. The molecule has 8 heteroatoms. The number of nitrogens with zero attached hydrogens (tertiary/aromatic N) is 2. The van der Waals surface area contributed by atoms with Gasteiger partial charge in [-0.3, -0.25) is 0 Å². The molecule has 0 amide bonds. The summed E-state index contributed by atoms with van der Waals surface area (Å²) in [5.41, 5.74) is 1.43.